The quantitative estimate of drug-likeness (QED) is 0.806. The maximum atomic E-state index is 12.5. The lowest BCUT2D eigenvalue weighted by Crippen LogP contribution is -2.38. The van der Waals surface area contributed by atoms with Crippen LogP contribution in [0.25, 0.3) is 0 Å². The molecule has 1 aliphatic rings. The molecule has 3 rings (SSSR count). The molecular weight excluding hydrogens is 350 g/mol. The van der Waals surface area contributed by atoms with Crippen molar-refractivity contribution in [2.45, 2.75) is 24.7 Å². The first kappa shape index (κ1) is 18.7. The van der Waals surface area contributed by atoms with E-state index in [9.17, 15) is 8.42 Å². The van der Waals surface area contributed by atoms with Gasteiger partial charge < -0.3 is 9.64 Å². The maximum Gasteiger partial charge on any atom is 0.240 e. The van der Waals surface area contributed by atoms with Gasteiger partial charge in [-0.1, -0.05) is 0 Å². The number of aromatic nitrogens is 1. The van der Waals surface area contributed by atoms with Gasteiger partial charge >= 0.3 is 0 Å². The van der Waals surface area contributed by atoms with E-state index in [1.54, 1.807) is 30.5 Å². The summed E-state index contributed by atoms with van der Waals surface area (Å²) in [4.78, 5) is 6.72. The fourth-order valence-corrected chi connectivity index (χ4v) is 4.24. The van der Waals surface area contributed by atoms with E-state index in [4.69, 9.17) is 4.74 Å². The monoisotopic (exact) mass is 375 g/mol. The molecular formula is C19H25N3O3S. The number of benzene rings is 1. The normalized spacial score (nSPS) is 15.8. The van der Waals surface area contributed by atoms with E-state index >= 15 is 0 Å². The first-order valence-electron chi connectivity index (χ1n) is 8.96. The first-order chi connectivity index (χ1) is 12.6. The molecule has 0 radical (unpaired) electrons. The molecule has 1 aromatic heterocycles. The topological polar surface area (TPSA) is 71.5 Å². The van der Waals surface area contributed by atoms with Crippen LogP contribution in [0.2, 0.25) is 0 Å². The second-order valence-corrected chi connectivity index (χ2v) is 8.16. The molecule has 0 spiro atoms. The summed E-state index contributed by atoms with van der Waals surface area (Å²) in [5.74, 6) is 1.02. The molecule has 0 saturated carbocycles. The average molecular weight is 375 g/mol. The number of hydrogen-bond acceptors (Lipinski definition) is 5. The van der Waals surface area contributed by atoms with Crippen molar-refractivity contribution in [2.75, 3.05) is 31.1 Å². The van der Waals surface area contributed by atoms with Crippen molar-refractivity contribution >= 4 is 15.7 Å². The predicted molar refractivity (Wildman–Crippen MR) is 102 cm³/mol. The summed E-state index contributed by atoms with van der Waals surface area (Å²) in [5, 5.41) is 0. The Morgan fingerprint density at radius 3 is 2.54 bits per heavy atom. The minimum absolute atomic E-state index is 0.272. The van der Waals surface area contributed by atoms with E-state index in [1.165, 1.54) is 0 Å². The van der Waals surface area contributed by atoms with Gasteiger partial charge in [0.1, 0.15) is 5.75 Å². The Labute approximate surface area is 155 Å². The van der Waals surface area contributed by atoms with Crippen molar-refractivity contribution in [3.05, 3.63) is 48.8 Å². The molecule has 2 heterocycles. The minimum atomic E-state index is -3.49. The molecule has 140 valence electrons. The van der Waals surface area contributed by atoms with Gasteiger partial charge in [0, 0.05) is 25.8 Å². The number of rotatable bonds is 7. The molecule has 0 unspecified atom stereocenters. The molecule has 0 amide bonds. The van der Waals surface area contributed by atoms with E-state index in [2.05, 4.69) is 20.7 Å². The highest BCUT2D eigenvalue weighted by Gasteiger charge is 2.22. The largest absolute Gasteiger partial charge is 0.494 e. The minimum Gasteiger partial charge on any atom is -0.494 e. The molecule has 0 bridgehead atoms. The van der Waals surface area contributed by atoms with E-state index in [0.29, 0.717) is 24.8 Å². The molecule has 1 N–H and O–H groups in total. The van der Waals surface area contributed by atoms with Crippen molar-refractivity contribution in [1.29, 1.82) is 0 Å². The smallest absolute Gasteiger partial charge is 0.240 e. The number of sulfonamides is 1. The van der Waals surface area contributed by atoms with Gasteiger partial charge in [-0.15, -0.1) is 0 Å². The van der Waals surface area contributed by atoms with Gasteiger partial charge in [0.05, 0.1) is 23.4 Å². The summed E-state index contributed by atoms with van der Waals surface area (Å²) in [5.41, 5.74) is 1.13. The number of pyridine rings is 1. The van der Waals surface area contributed by atoms with Crippen molar-refractivity contribution in [1.82, 2.24) is 9.71 Å². The molecule has 7 heteroatoms. The number of anilines is 1. The van der Waals surface area contributed by atoms with Crippen LogP contribution in [0.1, 0.15) is 19.8 Å². The van der Waals surface area contributed by atoms with Crippen LogP contribution in [0, 0.1) is 5.92 Å². The number of nitrogens with zero attached hydrogens (tertiary/aromatic N) is 2. The lowest BCUT2D eigenvalue weighted by molar-refractivity contribution is 0.340. The number of hydrogen-bond donors (Lipinski definition) is 1. The van der Waals surface area contributed by atoms with Crippen LogP contribution in [0.15, 0.2) is 53.7 Å². The Morgan fingerprint density at radius 2 is 1.92 bits per heavy atom. The lowest BCUT2D eigenvalue weighted by Gasteiger charge is -2.33. The van der Waals surface area contributed by atoms with Gasteiger partial charge in [-0.2, -0.15) is 0 Å². The van der Waals surface area contributed by atoms with E-state index in [-0.39, 0.29) is 4.90 Å². The van der Waals surface area contributed by atoms with Crippen LogP contribution < -0.4 is 14.4 Å². The van der Waals surface area contributed by atoms with Crippen LogP contribution in [0.3, 0.4) is 0 Å². The lowest BCUT2D eigenvalue weighted by atomic mass is 9.97. The fourth-order valence-electron chi connectivity index (χ4n) is 3.13. The van der Waals surface area contributed by atoms with Gasteiger partial charge in [-0.05, 0) is 62.1 Å². The summed E-state index contributed by atoms with van der Waals surface area (Å²) < 4.78 is 33.0. The summed E-state index contributed by atoms with van der Waals surface area (Å²) in [6, 6.07) is 10.5. The van der Waals surface area contributed by atoms with Crippen LogP contribution in [-0.2, 0) is 10.0 Å². The third-order valence-corrected chi connectivity index (χ3v) is 6.07. The van der Waals surface area contributed by atoms with E-state index in [0.717, 1.165) is 31.6 Å². The first-order valence-corrected chi connectivity index (χ1v) is 10.4. The SMILES string of the molecule is CCOc1ccc(S(=O)(=O)NCC2CCN(c3cccnc3)CC2)cc1. The standard InChI is InChI=1S/C19H25N3O3S/c1-2-25-18-5-7-19(8-6-18)26(23,24)21-14-16-9-12-22(13-10-16)17-4-3-11-20-15-17/h3-8,11,15-16,21H,2,9-10,12-14H2,1H3. The van der Waals surface area contributed by atoms with Crippen LogP contribution >= 0.6 is 0 Å². The Kier molecular flexibility index (Phi) is 6.11. The second-order valence-electron chi connectivity index (χ2n) is 6.40. The Bertz CT molecular complexity index is 787. The molecule has 1 fully saturated rings. The molecule has 6 nitrogen and oxygen atoms in total. The molecule has 26 heavy (non-hydrogen) atoms. The number of nitrogens with one attached hydrogen (secondary N) is 1. The predicted octanol–water partition coefficient (Wildman–Crippen LogP) is 2.68. The zero-order valence-corrected chi connectivity index (χ0v) is 15.8. The van der Waals surface area contributed by atoms with Crippen molar-refractivity contribution in [2.24, 2.45) is 5.92 Å². The van der Waals surface area contributed by atoms with Gasteiger partial charge in [0.25, 0.3) is 0 Å². The van der Waals surface area contributed by atoms with Gasteiger partial charge in [0.2, 0.25) is 10.0 Å². The third kappa shape index (κ3) is 4.74. The molecule has 1 aromatic carbocycles. The highest BCUT2D eigenvalue weighted by molar-refractivity contribution is 7.89. The number of ether oxygens (including phenoxy) is 1. The van der Waals surface area contributed by atoms with Gasteiger partial charge in [-0.25, -0.2) is 13.1 Å². The molecule has 0 atom stereocenters. The Hall–Kier alpha value is -2.12. The third-order valence-electron chi connectivity index (χ3n) is 4.63. The van der Waals surface area contributed by atoms with Crippen LogP contribution in [0.4, 0.5) is 5.69 Å². The second kappa shape index (κ2) is 8.51. The summed E-state index contributed by atoms with van der Waals surface area (Å²) >= 11 is 0. The molecule has 2 aromatic rings. The maximum absolute atomic E-state index is 12.5. The molecule has 1 saturated heterocycles. The van der Waals surface area contributed by atoms with Crippen molar-refractivity contribution in [3.8, 4) is 5.75 Å². The van der Waals surface area contributed by atoms with E-state index in [1.807, 2.05) is 19.2 Å². The van der Waals surface area contributed by atoms with Crippen LogP contribution in [-0.4, -0.2) is 39.6 Å². The highest BCUT2D eigenvalue weighted by Crippen LogP contribution is 2.23. The van der Waals surface area contributed by atoms with Gasteiger partial charge in [-0.3, -0.25) is 4.98 Å². The van der Waals surface area contributed by atoms with Crippen molar-refractivity contribution in [3.63, 3.8) is 0 Å². The highest BCUT2D eigenvalue weighted by atomic mass is 32.2. The van der Waals surface area contributed by atoms with E-state index < -0.39 is 10.0 Å². The van der Waals surface area contributed by atoms with Crippen molar-refractivity contribution < 1.29 is 13.2 Å². The fraction of sp³-hybridized carbons (Fsp3) is 0.421. The van der Waals surface area contributed by atoms with Crippen LogP contribution in [0.5, 0.6) is 5.75 Å². The van der Waals surface area contributed by atoms with Gasteiger partial charge in [0.15, 0.2) is 0 Å². The summed E-state index contributed by atoms with van der Waals surface area (Å²) in [7, 11) is -3.49. The molecule has 1 aliphatic heterocycles. The molecule has 0 aliphatic carbocycles. The average Bonchev–Trinajstić information content (AvgIpc) is 2.68. The summed E-state index contributed by atoms with van der Waals surface area (Å²) in [6.07, 6.45) is 5.56. The zero-order chi connectivity index (χ0) is 18.4. The zero-order valence-electron chi connectivity index (χ0n) is 15.0. The Morgan fingerprint density at radius 1 is 1.19 bits per heavy atom. The summed E-state index contributed by atoms with van der Waals surface area (Å²) in [6.45, 7) is 4.76. The number of piperidine rings is 1. The Balaban J connectivity index is 1.51.